The maximum atomic E-state index is 12.4. The first kappa shape index (κ1) is 26.1. The van der Waals surface area contributed by atoms with Crippen molar-refractivity contribution >= 4 is 23.5 Å². The molecule has 37 heavy (non-hydrogen) atoms. The molecule has 3 N–H and O–H groups in total. The predicted molar refractivity (Wildman–Crippen MR) is 143 cm³/mol. The number of ether oxygens (including phenoxy) is 1. The van der Waals surface area contributed by atoms with E-state index in [1.54, 1.807) is 30.6 Å². The maximum absolute atomic E-state index is 12.4. The highest BCUT2D eigenvalue weighted by molar-refractivity contribution is 5.99. The molecule has 1 aromatic carbocycles. The Kier molecular flexibility index (Phi) is 8.72. The number of morpholine rings is 1. The van der Waals surface area contributed by atoms with Crippen molar-refractivity contribution < 1.29 is 14.1 Å². The van der Waals surface area contributed by atoms with Crippen LogP contribution < -0.4 is 16.0 Å². The summed E-state index contributed by atoms with van der Waals surface area (Å²) < 4.78 is 10.7. The van der Waals surface area contributed by atoms with Crippen molar-refractivity contribution in [3.63, 3.8) is 0 Å². The van der Waals surface area contributed by atoms with Crippen LogP contribution >= 0.6 is 0 Å². The van der Waals surface area contributed by atoms with E-state index in [4.69, 9.17) is 9.26 Å². The molecule has 0 spiro atoms. The zero-order chi connectivity index (χ0) is 26.1. The first-order valence-corrected chi connectivity index (χ1v) is 12.4. The van der Waals surface area contributed by atoms with Crippen LogP contribution in [0.1, 0.15) is 44.1 Å². The quantitative estimate of drug-likeness (QED) is 0.328. The lowest BCUT2D eigenvalue weighted by atomic mass is 9.93. The number of rotatable bonds is 7. The summed E-state index contributed by atoms with van der Waals surface area (Å²) in [6, 6.07) is 8.58. The molecule has 1 fully saturated rings. The van der Waals surface area contributed by atoms with Gasteiger partial charge in [0.05, 0.1) is 18.8 Å². The Morgan fingerprint density at radius 1 is 1.05 bits per heavy atom. The number of carbonyl (C=O) groups is 1. The Bertz CT molecular complexity index is 1230. The van der Waals surface area contributed by atoms with E-state index >= 15 is 0 Å². The highest BCUT2D eigenvalue weighted by Crippen LogP contribution is 2.24. The second-order valence-corrected chi connectivity index (χ2v) is 9.77. The van der Waals surface area contributed by atoms with Gasteiger partial charge in [-0.3, -0.25) is 10.2 Å². The number of anilines is 3. The van der Waals surface area contributed by atoms with Gasteiger partial charge in [0.1, 0.15) is 5.76 Å². The molecule has 0 radical (unpaired) electrons. The van der Waals surface area contributed by atoms with E-state index in [0.29, 0.717) is 28.8 Å². The van der Waals surface area contributed by atoms with Gasteiger partial charge >= 0.3 is 6.03 Å². The van der Waals surface area contributed by atoms with E-state index in [9.17, 15) is 4.79 Å². The van der Waals surface area contributed by atoms with Crippen molar-refractivity contribution in [2.24, 2.45) is 0 Å². The number of amides is 2. The largest absolute Gasteiger partial charge is 0.379 e. The second kappa shape index (κ2) is 12.3. The summed E-state index contributed by atoms with van der Waals surface area (Å²) in [5, 5.41) is 12.6. The van der Waals surface area contributed by atoms with E-state index in [2.05, 4.69) is 47.8 Å². The molecule has 3 aromatic rings. The van der Waals surface area contributed by atoms with E-state index in [1.165, 1.54) is 0 Å². The molecule has 2 amide bonds. The van der Waals surface area contributed by atoms with Crippen LogP contribution in [-0.2, 0) is 10.2 Å². The van der Waals surface area contributed by atoms with Gasteiger partial charge in [0.2, 0.25) is 5.95 Å². The van der Waals surface area contributed by atoms with Gasteiger partial charge in [-0.1, -0.05) is 43.8 Å². The topological polar surface area (TPSA) is 117 Å². The van der Waals surface area contributed by atoms with Crippen LogP contribution in [0.3, 0.4) is 0 Å². The van der Waals surface area contributed by atoms with Gasteiger partial charge in [0.25, 0.3) is 0 Å². The molecule has 1 saturated heterocycles. The number of aromatic nitrogens is 3. The average molecular weight is 504 g/mol. The van der Waals surface area contributed by atoms with Crippen LogP contribution in [0.4, 0.5) is 22.2 Å². The normalized spacial score (nSPS) is 13.9. The van der Waals surface area contributed by atoms with Crippen molar-refractivity contribution in [1.29, 1.82) is 0 Å². The van der Waals surface area contributed by atoms with Crippen LogP contribution in [-0.4, -0.2) is 65.4 Å². The lowest BCUT2D eigenvalue weighted by Crippen LogP contribution is -2.37. The minimum atomic E-state index is -0.416. The fourth-order valence-corrected chi connectivity index (χ4v) is 3.60. The summed E-state index contributed by atoms with van der Waals surface area (Å²) in [4.78, 5) is 23.5. The zero-order valence-electron chi connectivity index (χ0n) is 21.5. The molecule has 4 rings (SSSR count). The molecule has 1 aliphatic heterocycles. The zero-order valence-corrected chi connectivity index (χ0v) is 21.5. The fraction of sp³-hybridized carbons (Fsp3) is 0.407. The molecule has 0 aliphatic carbocycles. The van der Waals surface area contributed by atoms with Gasteiger partial charge in [-0.15, -0.1) is 0 Å². The Morgan fingerprint density at radius 2 is 1.81 bits per heavy atom. The number of benzene rings is 1. The van der Waals surface area contributed by atoms with Crippen molar-refractivity contribution in [2.75, 3.05) is 55.3 Å². The molecule has 10 nitrogen and oxygen atoms in total. The maximum Gasteiger partial charge on any atom is 0.324 e. The molecule has 0 bridgehead atoms. The Morgan fingerprint density at radius 3 is 2.54 bits per heavy atom. The minimum Gasteiger partial charge on any atom is -0.379 e. The number of nitrogens with zero attached hydrogens (tertiary/aromatic N) is 4. The highest BCUT2D eigenvalue weighted by atomic mass is 16.5. The lowest BCUT2D eigenvalue weighted by molar-refractivity contribution is 0.0378. The Hall–Kier alpha value is -3.94. The van der Waals surface area contributed by atoms with Gasteiger partial charge in [0, 0.05) is 54.8 Å². The van der Waals surface area contributed by atoms with Gasteiger partial charge in [-0.25, -0.2) is 14.8 Å². The van der Waals surface area contributed by atoms with Gasteiger partial charge in [-0.2, -0.15) is 0 Å². The molecule has 1 aliphatic rings. The summed E-state index contributed by atoms with van der Waals surface area (Å²) in [5.74, 6) is 7.79. The molecule has 10 heteroatoms. The average Bonchev–Trinajstić information content (AvgIpc) is 3.36. The van der Waals surface area contributed by atoms with Gasteiger partial charge in [-0.05, 0) is 31.2 Å². The fourth-order valence-electron chi connectivity index (χ4n) is 3.60. The summed E-state index contributed by atoms with van der Waals surface area (Å²) in [6.07, 6.45) is 4.41. The third-order valence-corrected chi connectivity index (χ3v) is 5.65. The predicted octanol–water partition coefficient (Wildman–Crippen LogP) is 3.94. The number of hydrogen-bond donors (Lipinski definition) is 3. The summed E-state index contributed by atoms with van der Waals surface area (Å²) in [5.41, 5.74) is 1.87. The highest BCUT2D eigenvalue weighted by Gasteiger charge is 2.20. The van der Waals surface area contributed by atoms with Crippen molar-refractivity contribution in [3.8, 4) is 11.8 Å². The van der Waals surface area contributed by atoms with Crippen LogP contribution in [0, 0.1) is 11.8 Å². The molecular weight excluding hydrogens is 470 g/mol. The van der Waals surface area contributed by atoms with Gasteiger partial charge in [0.15, 0.2) is 5.82 Å². The molecule has 0 unspecified atom stereocenters. The number of hydrogen-bond acceptors (Lipinski definition) is 8. The van der Waals surface area contributed by atoms with Crippen LogP contribution in [0.5, 0.6) is 0 Å². The van der Waals surface area contributed by atoms with Crippen LogP contribution in [0.2, 0.25) is 0 Å². The van der Waals surface area contributed by atoms with E-state index in [0.717, 1.165) is 51.4 Å². The van der Waals surface area contributed by atoms with Crippen molar-refractivity contribution in [1.82, 2.24) is 20.0 Å². The third-order valence-electron chi connectivity index (χ3n) is 5.65. The SMILES string of the molecule is CC(C)(C)c1cc(NC(=O)Nc2cccc(C#Cc3cnc(NCCCN4CCOCC4)nc3)c2)no1. The van der Waals surface area contributed by atoms with Crippen LogP contribution in [0.25, 0.3) is 0 Å². The van der Waals surface area contributed by atoms with Crippen molar-refractivity contribution in [2.45, 2.75) is 32.6 Å². The molecular formula is C27H33N7O3. The lowest BCUT2D eigenvalue weighted by Gasteiger charge is -2.26. The number of nitrogens with one attached hydrogen (secondary N) is 3. The number of urea groups is 1. The third kappa shape index (κ3) is 8.31. The van der Waals surface area contributed by atoms with Gasteiger partial charge < -0.3 is 19.9 Å². The first-order chi connectivity index (χ1) is 17.8. The summed E-state index contributed by atoms with van der Waals surface area (Å²) in [7, 11) is 0. The van der Waals surface area contributed by atoms with Crippen molar-refractivity contribution in [3.05, 3.63) is 59.6 Å². The summed E-state index contributed by atoms with van der Waals surface area (Å²) in [6.45, 7) is 11.5. The van der Waals surface area contributed by atoms with Crippen LogP contribution in [0.15, 0.2) is 47.2 Å². The monoisotopic (exact) mass is 503 g/mol. The molecule has 2 aromatic heterocycles. The van der Waals surface area contributed by atoms with E-state index in [1.807, 2.05) is 32.9 Å². The first-order valence-electron chi connectivity index (χ1n) is 12.4. The van der Waals surface area contributed by atoms with E-state index < -0.39 is 6.03 Å². The molecule has 194 valence electrons. The Labute approximate surface area is 217 Å². The standard InChI is InChI=1S/C27H33N7O3/c1-27(2,3)23-17-24(33-37-23)32-26(35)31-22-7-4-6-20(16-22)8-9-21-18-29-25(30-19-21)28-10-5-11-34-12-14-36-15-13-34/h4,6-7,16-19H,5,10-15H2,1-3H3,(H,28,29,30)(H2,31,32,33,35). The second-order valence-electron chi connectivity index (χ2n) is 9.77. The molecule has 0 atom stereocenters. The molecule has 3 heterocycles. The minimum absolute atomic E-state index is 0.193. The summed E-state index contributed by atoms with van der Waals surface area (Å²) >= 11 is 0. The molecule has 0 saturated carbocycles. The van der Waals surface area contributed by atoms with E-state index in [-0.39, 0.29) is 5.41 Å². The number of carbonyl (C=O) groups excluding carboxylic acids is 1. The smallest absolute Gasteiger partial charge is 0.324 e. The Balaban J connectivity index is 1.25.